The number of hydrogen-bond acceptors (Lipinski definition) is 8. The third-order valence-corrected chi connectivity index (χ3v) is 7.23. The summed E-state index contributed by atoms with van der Waals surface area (Å²) in [6.07, 6.45) is 1.15. The molecule has 6 N–H and O–H groups in total. The third kappa shape index (κ3) is 6.65. The summed E-state index contributed by atoms with van der Waals surface area (Å²) in [4.78, 5) is 96.1. The first-order valence-corrected chi connectivity index (χ1v) is 13.6. The Morgan fingerprint density at radius 1 is 0.674 bits per heavy atom. The number of imide groups is 2. The fourth-order valence-electron chi connectivity index (χ4n) is 4.54. The summed E-state index contributed by atoms with van der Waals surface area (Å²) < 4.78 is 0. The molecule has 2 saturated heterocycles. The number of amides is 8. The van der Waals surface area contributed by atoms with Gasteiger partial charge in [-0.2, -0.15) is 0 Å². The lowest BCUT2D eigenvalue weighted by molar-refractivity contribution is -0.138. The molecule has 0 bridgehead atoms. The molecule has 2 aromatic carbocycles. The molecule has 2 aliphatic rings. The van der Waals surface area contributed by atoms with Crippen LogP contribution in [0, 0.1) is 0 Å². The van der Waals surface area contributed by atoms with Crippen LogP contribution in [0.2, 0.25) is 10.0 Å². The van der Waals surface area contributed by atoms with Crippen LogP contribution in [0.3, 0.4) is 0 Å². The molecule has 0 spiro atoms. The molecule has 2 fully saturated rings. The summed E-state index contributed by atoms with van der Waals surface area (Å²) in [7, 11) is 0. The zero-order valence-corrected chi connectivity index (χ0v) is 24.1. The van der Waals surface area contributed by atoms with Gasteiger partial charge in [-0.15, -0.1) is 0 Å². The number of nitrogens with one attached hydrogen (secondary N) is 6. The van der Waals surface area contributed by atoms with Crippen molar-refractivity contribution in [2.45, 2.75) is 45.2 Å². The van der Waals surface area contributed by atoms with Gasteiger partial charge in [-0.1, -0.05) is 49.2 Å². The number of anilines is 2. The number of rotatable bonds is 10. The van der Waals surface area contributed by atoms with Gasteiger partial charge in [-0.25, -0.2) is 9.59 Å². The van der Waals surface area contributed by atoms with Gasteiger partial charge in [-0.05, 0) is 53.6 Å². The van der Waals surface area contributed by atoms with Crippen molar-refractivity contribution in [1.29, 1.82) is 0 Å². The molecule has 16 heteroatoms. The molecule has 0 saturated carbocycles. The average Bonchev–Trinajstić information content (AvgIpc) is 3.48. The second-order valence-corrected chi connectivity index (χ2v) is 10.4. The number of halogens is 2. The van der Waals surface area contributed by atoms with Crippen molar-refractivity contribution >= 4 is 81.8 Å². The van der Waals surface area contributed by atoms with E-state index in [4.69, 9.17) is 23.2 Å². The lowest BCUT2D eigenvalue weighted by atomic mass is 9.97. The van der Waals surface area contributed by atoms with Crippen molar-refractivity contribution in [3.63, 3.8) is 0 Å². The van der Waals surface area contributed by atoms with Gasteiger partial charge in [0.25, 0.3) is 35.2 Å². The number of benzene rings is 2. The molecule has 0 radical (unpaired) electrons. The fourth-order valence-corrected chi connectivity index (χ4v) is 5.16. The average molecular weight is 631 g/mol. The lowest BCUT2D eigenvalue weighted by Gasteiger charge is -2.17. The molecule has 2 aliphatic heterocycles. The van der Waals surface area contributed by atoms with Crippen LogP contribution in [0.15, 0.2) is 24.3 Å². The van der Waals surface area contributed by atoms with Crippen LogP contribution in [0.1, 0.15) is 36.1 Å². The van der Waals surface area contributed by atoms with Crippen molar-refractivity contribution < 1.29 is 38.4 Å². The number of Topliss-reactive ketones (excluding diaryl/α,β-unsaturated/α-hetero) is 2. The SMILES string of the molecule is CCc1cc(Cc2cc(Cl)c(NC(=O)C(=O)[C@H]3NC(=O)NC3=O)c(CC)c2)cc(Cl)c1NC(=O)C(=O)[C@H]1NC(=O)NC1=O. The number of urea groups is 2. The minimum atomic E-state index is -1.64. The maximum absolute atomic E-state index is 12.6. The predicted octanol–water partition coefficient (Wildman–Crippen LogP) is 1.14. The molecule has 224 valence electrons. The summed E-state index contributed by atoms with van der Waals surface area (Å²) in [6.45, 7) is 3.62. The van der Waals surface area contributed by atoms with Gasteiger partial charge < -0.3 is 21.3 Å². The van der Waals surface area contributed by atoms with E-state index >= 15 is 0 Å². The maximum Gasteiger partial charge on any atom is 0.322 e. The summed E-state index contributed by atoms with van der Waals surface area (Å²) in [6, 6.07) is 1.67. The number of carbonyl (C=O) groups excluding carboxylic acids is 8. The van der Waals surface area contributed by atoms with E-state index in [1.807, 2.05) is 24.5 Å². The van der Waals surface area contributed by atoms with Crippen molar-refractivity contribution in [1.82, 2.24) is 21.3 Å². The smallest absolute Gasteiger partial charge is 0.319 e. The summed E-state index contributed by atoms with van der Waals surface area (Å²) in [5, 5.41) is 13.0. The predicted molar refractivity (Wildman–Crippen MR) is 153 cm³/mol. The van der Waals surface area contributed by atoms with E-state index < -0.39 is 59.3 Å². The van der Waals surface area contributed by atoms with E-state index in [-0.39, 0.29) is 21.4 Å². The van der Waals surface area contributed by atoms with Gasteiger partial charge in [0.05, 0.1) is 21.4 Å². The molecule has 2 heterocycles. The molecule has 0 unspecified atom stereocenters. The third-order valence-electron chi connectivity index (χ3n) is 6.63. The Bertz CT molecular complexity index is 1510. The van der Waals surface area contributed by atoms with E-state index in [0.29, 0.717) is 30.4 Å². The summed E-state index contributed by atoms with van der Waals surface area (Å²) in [5.41, 5.74) is 2.99. The first kappa shape index (κ1) is 31.1. The van der Waals surface area contributed by atoms with Crippen LogP contribution in [-0.4, -0.2) is 59.3 Å². The van der Waals surface area contributed by atoms with Gasteiger partial charge in [0, 0.05) is 0 Å². The fraction of sp³-hybridized carbons (Fsp3) is 0.259. The lowest BCUT2D eigenvalue weighted by Crippen LogP contribution is -2.44. The topological polar surface area (TPSA) is 209 Å². The van der Waals surface area contributed by atoms with E-state index in [9.17, 15) is 38.4 Å². The van der Waals surface area contributed by atoms with Crippen LogP contribution in [0.25, 0.3) is 0 Å². The van der Waals surface area contributed by atoms with Crippen LogP contribution in [0.5, 0.6) is 0 Å². The Balaban J connectivity index is 1.51. The molecular formula is C27H24Cl2N6O8. The standard InChI is InChI=1S/C27H24Cl2N6O8/c1-3-12-6-10(8-14(28)16(12)30-24(40)20(36)18-22(38)34-26(42)32-18)5-11-7-13(4-2)17(15(29)9-11)31-25(41)21(37)19-23(39)35-27(43)33-19/h6-9,18-19H,3-5H2,1-2H3,(H,30,40)(H,31,41)(H2,32,34,38,42)(H2,33,35,39,43)/t18-,19-/m1/s1. The molecule has 0 aromatic heterocycles. The normalized spacial score (nSPS) is 17.5. The Morgan fingerprint density at radius 3 is 1.35 bits per heavy atom. The highest BCUT2D eigenvalue weighted by molar-refractivity contribution is 6.49. The first-order valence-electron chi connectivity index (χ1n) is 12.9. The molecule has 14 nitrogen and oxygen atoms in total. The Kier molecular flexibility index (Phi) is 9.11. The van der Waals surface area contributed by atoms with E-state index in [2.05, 4.69) is 21.3 Å². The van der Waals surface area contributed by atoms with Gasteiger partial charge in [0.15, 0.2) is 12.1 Å². The van der Waals surface area contributed by atoms with Crippen LogP contribution >= 0.6 is 23.2 Å². The highest BCUT2D eigenvalue weighted by Gasteiger charge is 2.40. The maximum atomic E-state index is 12.6. The summed E-state index contributed by atoms with van der Waals surface area (Å²) in [5.74, 6) is -6.43. The van der Waals surface area contributed by atoms with Crippen LogP contribution in [0.4, 0.5) is 21.0 Å². The van der Waals surface area contributed by atoms with Crippen molar-refractivity contribution in [2.24, 2.45) is 0 Å². The van der Waals surface area contributed by atoms with Crippen molar-refractivity contribution in [3.8, 4) is 0 Å². The zero-order chi connectivity index (χ0) is 31.6. The monoisotopic (exact) mass is 630 g/mol. The van der Waals surface area contributed by atoms with Crippen LogP contribution < -0.4 is 31.9 Å². The second kappa shape index (κ2) is 12.6. The molecule has 43 heavy (non-hydrogen) atoms. The largest absolute Gasteiger partial charge is 0.322 e. The van der Waals surface area contributed by atoms with E-state index in [0.717, 1.165) is 11.1 Å². The van der Waals surface area contributed by atoms with Crippen LogP contribution in [-0.2, 0) is 48.0 Å². The Morgan fingerprint density at radius 2 is 1.05 bits per heavy atom. The molecule has 0 aliphatic carbocycles. The van der Waals surface area contributed by atoms with Gasteiger partial charge in [-0.3, -0.25) is 39.4 Å². The van der Waals surface area contributed by atoms with Crippen molar-refractivity contribution in [2.75, 3.05) is 10.6 Å². The Hall–Kier alpha value is -4.82. The Labute approximate surface area is 253 Å². The van der Waals surface area contributed by atoms with Gasteiger partial charge >= 0.3 is 12.1 Å². The number of hydrogen-bond donors (Lipinski definition) is 6. The quantitative estimate of drug-likeness (QED) is 0.127. The minimum absolute atomic E-state index is 0.127. The van der Waals surface area contributed by atoms with E-state index in [1.54, 1.807) is 24.3 Å². The summed E-state index contributed by atoms with van der Waals surface area (Å²) >= 11 is 13.0. The second-order valence-electron chi connectivity index (χ2n) is 9.54. The first-order chi connectivity index (χ1) is 20.3. The van der Waals surface area contributed by atoms with Gasteiger partial charge in [0.2, 0.25) is 0 Å². The highest BCUT2D eigenvalue weighted by Crippen LogP contribution is 2.33. The number of ketones is 2. The molecular weight excluding hydrogens is 607 g/mol. The number of aryl methyl sites for hydroxylation is 2. The molecule has 2 aromatic rings. The highest BCUT2D eigenvalue weighted by atomic mass is 35.5. The van der Waals surface area contributed by atoms with Crippen molar-refractivity contribution in [3.05, 3.63) is 56.6 Å². The van der Waals surface area contributed by atoms with E-state index in [1.165, 1.54) is 0 Å². The molecule has 8 amide bonds. The zero-order valence-electron chi connectivity index (χ0n) is 22.6. The minimum Gasteiger partial charge on any atom is -0.319 e. The molecule has 2 atom stereocenters. The number of carbonyl (C=O) groups is 8. The molecule has 4 rings (SSSR count). The van der Waals surface area contributed by atoms with Gasteiger partial charge in [0.1, 0.15) is 0 Å².